The number of rotatable bonds is 3. The third kappa shape index (κ3) is 3.45. The van der Waals surface area contributed by atoms with Crippen LogP contribution in [0.2, 0.25) is 0 Å². The Morgan fingerprint density at radius 2 is 2.22 bits per heavy atom. The van der Waals surface area contributed by atoms with Gasteiger partial charge in [0.2, 0.25) is 5.89 Å². The van der Waals surface area contributed by atoms with Gasteiger partial charge in [-0.15, -0.1) is 0 Å². The fourth-order valence-corrected chi connectivity index (χ4v) is 2.05. The van der Waals surface area contributed by atoms with Gasteiger partial charge in [-0.2, -0.15) is 4.98 Å². The summed E-state index contributed by atoms with van der Waals surface area (Å²) >= 11 is 0. The molecule has 0 saturated carbocycles. The first-order valence-electron chi connectivity index (χ1n) is 6.47. The molecule has 1 aliphatic heterocycles. The Hall–Kier alpha value is -1.59. The Kier molecular flexibility index (Phi) is 4.17. The normalized spacial score (nSPS) is 16.9. The highest BCUT2D eigenvalue weighted by atomic mass is 16.5. The maximum atomic E-state index is 11.9. The van der Waals surface area contributed by atoms with E-state index in [9.17, 15) is 4.79 Å². The van der Waals surface area contributed by atoms with Crippen molar-refractivity contribution in [3.05, 3.63) is 11.7 Å². The molecular weight excluding hydrogens is 232 g/mol. The molecule has 0 aromatic carbocycles. The van der Waals surface area contributed by atoms with E-state index in [0.29, 0.717) is 24.7 Å². The molecule has 1 aromatic rings. The molecule has 1 aliphatic rings. The fraction of sp³-hybridized carbons (Fsp3) is 0.750. The average molecular weight is 252 g/mol. The first-order chi connectivity index (χ1) is 8.65. The number of urea groups is 1. The Morgan fingerprint density at radius 1 is 1.50 bits per heavy atom. The molecule has 6 heteroatoms. The highest BCUT2D eigenvalue weighted by Gasteiger charge is 2.19. The quantitative estimate of drug-likeness (QED) is 0.881. The van der Waals surface area contributed by atoms with Crippen LogP contribution < -0.4 is 5.32 Å². The lowest BCUT2D eigenvalue weighted by Gasteiger charge is -2.30. The van der Waals surface area contributed by atoms with Crippen molar-refractivity contribution in [3.8, 4) is 0 Å². The van der Waals surface area contributed by atoms with Gasteiger partial charge in [0.15, 0.2) is 5.82 Å². The zero-order valence-electron chi connectivity index (χ0n) is 11.0. The van der Waals surface area contributed by atoms with Crippen molar-refractivity contribution < 1.29 is 9.32 Å². The standard InChI is InChI=1S/C12H20N4O2/c1-9-4-7-16(8-5-9)12(17)13-6-3-11-14-10(2)18-15-11/h9H,3-8H2,1-2H3,(H,13,17). The summed E-state index contributed by atoms with van der Waals surface area (Å²) in [6.07, 6.45) is 2.79. The molecule has 0 aliphatic carbocycles. The minimum absolute atomic E-state index is 0.0158. The molecule has 1 saturated heterocycles. The van der Waals surface area contributed by atoms with E-state index < -0.39 is 0 Å². The Labute approximate surface area is 107 Å². The maximum Gasteiger partial charge on any atom is 0.317 e. The van der Waals surface area contributed by atoms with Gasteiger partial charge in [-0.05, 0) is 18.8 Å². The zero-order valence-corrected chi connectivity index (χ0v) is 11.0. The number of carbonyl (C=O) groups is 1. The van der Waals surface area contributed by atoms with Gasteiger partial charge in [0.1, 0.15) is 0 Å². The molecule has 0 bridgehead atoms. The number of aromatic nitrogens is 2. The maximum absolute atomic E-state index is 11.9. The number of likely N-dealkylation sites (tertiary alicyclic amines) is 1. The third-order valence-corrected chi connectivity index (χ3v) is 3.27. The molecule has 0 atom stereocenters. The smallest absolute Gasteiger partial charge is 0.317 e. The molecule has 1 fully saturated rings. The summed E-state index contributed by atoms with van der Waals surface area (Å²) in [5, 5.41) is 6.67. The highest BCUT2D eigenvalue weighted by molar-refractivity contribution is 5.74. The van der Waals surface area contributed by atoms with Crippen LogP contribution in [0.1, 0.15) is 31.5 Å². The minimum Gasteiger partial charge on any atom is -0.340 e. The van der Waals surface area contributed by atoms with Crippen molar-refractivity contribution in [2.75, 3.05) is 19.6 Å². The summed E-state index contributed by atoms with van der Waals surface area (Å²) in [6, 6.07) is 0.0158. The summed E-state index contributed by atoms with van der Waals surface area (Å²) in [6.45, 7) is 6.24. The van der Waals surface area contributed by atoms with E-state index in [1.807, 2.05) is 4.90 Å². The lowest BCUT2D eigenvalue weighted by atomic mass is 10.00. The molecule has 0 radical (unpaired) electrons. The Bertz CT molecular complexity index is 397. The van der Waals surface area contributed by atoms with E-state index >= 15 is 0 Å². The summed E-state index contributed by atoms with van der Waals surface area (Å²) in [7, 11) is 0. The molecule has 0 unspecified atom stereocenters. The zero-order chi connectivity index (χ0) is 13.0. The average Bonchev–Trinajstić information content (AvgIpc) is 2.76. The van der Waals surface area contributed by atoms with E-state index in [0.717, 1.165) is 31.8 Å². The Balaban J connectivity index is 1.68. The highest BCUT2D eigenvalue weighted by Crippen LogP contribution is 2.15. The molecule has 2 rings (SSSR count). The topological polar surface area (TPSA) is 71.3 Å². The molecular formula is C12H20N4O2. The van der Waals surface area contributed by atoms with Gasteiger partial charge < -0.3 is 14.7 Å². The van der Waals surface area contributed by atoms with Crippen LogP contribution in [0.5, 0.6) is 0 Å². The van der Waals surface area contributed by atoms with Crippen LogP contribution >= 0.6 is 0 Å². The van der Waals surface area contributed by atoms with E-state index in [-0.39, 0.29) is 6.03 Å². The monoisotopic (exact) mass is 252 g/mol. The Morgan fingerprint density at radius 3 is 2.83 bits per heavy atom. The van der Waals surface area contributed by atoms with E-state index in [4.69, 9.17) is 4.52 Å². The summed E-state index contributed by atoms with van der Waals surface area (Å²) in [4.78, 5) is 17.8. The fourth-order valence-electron chi connectivity index (χ4n) is 2.05. The molecule has 1 N–H and O–H groups in total. The predicted molar refractivity (Wildman–Crippen MR) is 66.1 cm³/mol. The van der Waals surface area contributed by atoms with Crippen molar-refractivity contribution in [2.24, 2.45) is 5.92 Å². The van der Waals surface area contributed by atoms with Gasteiger partial charge in [-0.1, -0.05) is 12.1 Å². The van der Waals surface area contributed by atoms with Gasteiger partial charge in [0, 0.05) is 33.0 Å². The molecule has 100 valence electrons. The van der Waals surface area contributed by atoms with Crippen LogP contribution in [0.3, 0.4) is 0 Å². The van der Waals surface area contributed by atoms with E-state index in [1.165, 1.54) is 0 Å². The second-order valence-corrected chi connectivity index (χ2v) is 4.88. The van der Waals surface area contributed by atoms with Crippen LogP contribution in [0.25, 0.3) is 0 Å². The summed E-state index contributed by atoms with van der Waals surface area (Å²) < 4.78 is 4.87. The third-order valence-electron chi connectivity index (χ3n) is 3.27. The van der Waals surface area contributed by atoms with Crippen LogP contribution in [0, 0.1) is 12.8 Å². The van der Waals surface area contributed by atoms with Crippen LogP contribution in [0.4, 0.5) is 4.79 Å². The van der Waals surface area contributed by atoms with Crippen molar-refractivity contribution in [3.63, 3.8) is 0 Å². The molecule has 1 aromatic heterocycles. The lowest BCUT2D eigenvalue weighted by Crippen LogP contribution is -2.44. The second-order valence-electron chi connectivity index (χ2n) is 4.88. The minimum atomic E-state index is 0.0158. The second kappa shape index (κ2) is 5.84. The van der Waals surface area contributed by atoms with Gasteiger partial charge in [-0.25, -0.2) is 4.79 Å². The number of aryl methyl sites for hydroxylation is 1. The number of hydrogen-bond donors (Lipinski definition) is 1. The molecule has 0 spiro atoms. The number of amides is 2. The van der Waals surface area contributed by atoms with Gasteiger partial charge in [-0.3, -0.25) is 0 Å². The lowest BCUT2D eigenvalue weighted by molar-refractivity contribution is 0.174. The van der Waals surface area contributed by atoms with Crippen molar-refractivity contribution in [2.45, 2.75) is 33.1 Å². The SMILES string of the molecule is Cc1nc(CCNC(=O)N2CCC(C)CC2)no1. The number of nitrogens with one attached hydrogen (secondary N) is 1. The van der Waals surface area contributed by atoms with Gasteiger partial charge >= 0.3 is 6.03 Å². The van der Waals surface area contributed by atoms with Crippen LogP contribution in [-0.2, 0) is 6.42 Å². The predicted octanol–water partition coefficient (Wildman–Crippen LogP) is 1.36. The molecule has 6 nitrogen and oxygen atoms in total. The van der Waals surface area contributed by atoms with Crippen molar-refractivity contribution in [1.82, 2.24) is 20.4 Å². The molecule has 2 amide bonds. The van der Waals surface area contributed by atoms with Gasteiger partial charge in [0.25, 0.3) is 0 Å². The molecule has 18 heavy (non-hydrogen) atoms. The van der Waals surface area contributed by atoms with E-state index in [2.05, 4.69) is 22.4 Å². The largest absolute Gasteiger partial charge is 0.340 e. The van der Waals surface area contributed by atoms with Crippen molar-refractivity contribution >= 4 is 6.03 Å². The summed E-state index contributed by atoms with van der Waals surface area (Å²) in [5.41, 5.74) is 0. The number of carbonyl (C=O) groups excluding carboxylic acids is 1. The van der Waals surface area contributed by atoms with Crippen molar-refractivity contribution in [1.29, 1.82) is 0 Å². The first-order valence-corrected chi connectivity index (χ1v) is 6.47. The van der Waals surface area contributed by atoms with Gasteiger partial charge in [0.05, 0.1) is 0 Å². The summed E-state index contributed by atoms with van der Waals surface area (Å²) in [5.74, 6) is 1.93. The van der Waals surface area contributed by atoms with Crippen LogP contribution in [0.15, 0.2) is 4.52 Å². The number of hydrogen-bond acceptors (Lipinski definition) is 4. The number of nitrogens with zero attached hydrogens (tertiary/aromatic N) is 3. The van der Waals surface area contributed by atoms with E-state index in [1.54, 1.807) is 6.92 Å². The molecule has 2 heterocycles. The first kappa shape index (κ1) is 12.9. The number of piperidine rings is 1. The van der Waals surface area contributed by atoms with Crippen LogP contribution in [-0.4, -0.2) is 40.7 Å².